The first-order valence-electron chi connectivity index (χ1n) is 8.03. The van der Waals surface area contributed by atoms with E-state index in [1.54, 1.807) is 20.8 Å². The molecule has 0 aliphatic rings. The molecule has 1 aromatic carbocycles. The van der Waals surface area contributed by atoms with Crippen LogP contribution in [-0.2, 0) is 24.5 Å². The molecule has 2 unspecified atom stereocenters. The van der Waals surface area contributed by atoms with Crippen LogP contribution in [0.25, 0.3) is 0 Å². The second-order valence-electron chi connectivity index (χ2n) is 5.99. The predicted octanol–water partition coefficient (Wildman–Crippen LogP) is 2.27. The average Bonchev–Trinajstić information content (AvgIpc) is 2.53. The Morgan fingerprint density at radius 3 is 2.38 bits per heavy atom. The fourth-order valence-electron chi connectivity index (χ4n) is 2.65. The second-order valence-corrected chi connectivity index (χ2v) is 5.99. The van der Waals surface area contributed by atoms with Gasteiger partial charge in [0.2, 0.25) is 5.91 Å². The first-order chi connectivity index (χ1) is 11.3. The van der Waals surface area contributed by atoms with Crippen LogP contribution < -0.4 is 5.32 Å². The number of carboxylic acid groups (broad SMARTS) is 1. The van der Waals surface area contributed by atoms with Gasteiger partial charge in [-0.3, -0.25) is 14.4 Å². The van der Waals surface area contributed by atoms with E-state index >= 15 is 0 Å². The Morgan fingerprint density at radius 1 is 1.21 bits per heavy atom. The Bertz CT molecular complexity index is 572. The van der Waals surface area contributed by atoms with E-state index in [1.165, 1.54) is 0 Å². The molecule has 0 aliphatic carbocycles. The topological polar surface area (TPSA) is 92.7 Å². The van der Waals surface area contributed by atoms with Gasteiger partial charge in [-0.2, -0.15) is 0 Å². The number of nitrogens with one attached hydrogen (secondary N) is 1. The first-order valence-corrected chi connectivity index (χ1v) is 8.03. The van der Waals surface area contributed by atoms with Crippen molar-refractivity contribution in [3.8, 4) is 0 Å². The van der Waals surface area contributed by atoms with Crippen LogP contribution in [0.4, 0.5) is 0 Å². The summed E-state index contributed by atoms with van der Waals surface area (Å²) in [5.41, 5.74) is -0.0772. The third-order valence-electron chi connectivity index (χ3n) is 3.82. The van der Waals surface area contributed by atoms with E-state index in [-0.39, 0.29) is 37.4 Å². The molecule has 1 rings (SSSR count). The molecule has 2 atom stereocenters. The zero-order chi connectivity index (χ0) is 18.2. The van der Waals surface area contributed by atoms with Crippen LogP contribution in [-0.4, -0.2) is 35.6 Å². The highest BCUT2D eigenvalue weighted by Gasteiger charge is 2.38. The molecule has 0 aliphatic heterocycles. The van der Waals surface area contributed by atoms with E-state index in [1.807, 2.05) is 30.3 Å². The van der Waals surface area contributed by atoms with Crippen molar-refractivity contribution in [3.05, 3.63) is 35.9 Å². The van der Waals surface area contributed by atoms with Crippen LogP contribution >= 0.6 is 0 Å². The first kappa shape index (κ1) is 19.7. The molecule has 0 saturated carbocycles. The Labute approximate surface area is 142 Å². The monoisotopic (exact) mass is 335 g/mol. The number of ether oxygens (including phenoxy) is 1. The maximum atomic E-state index is 12.5. The van der Waals surface area contributed by atoms with Crippen molar-refractivity contribution in [3.63, 3.8) is 0 Å². The Balaban J connectivity index is 2.84. The number of benzene rings is 1. The zero-order valence-electron chi connectivity index (χ0n) is 14.4. The fraction of sp³-hybridized carbons (Fsp3) is 0.500. The summed E-state index contributed by atoms with van der Waals surface area (Å²) in [6.45, 7) is 5.61. The molecule has 132 valence electrons. The van der Waals surface area contributed by atoms with Gasteiger partial charge < -0.3 is 15.2 Å². The number of carbonyl (C=O) groups excluding carboxylic acids is 2. The normalized spacial score (nSPS) is 14.3. The quantitative estimate of drug-likeness (QED) is 0.675. The summed E-state index contributed by atoms with van der Waals surface area (Å²) >= 11 is 0. The van der Waals surface area contributed by atoms with Gasteiger partial charge in [0.1, 0.15) is 0 Å². The predicted molar refractivity (Wildman–Crippen MR) is 89.5 cm³/mol. The number of carboxylic acids is 1. The Kier molecular flexibility index (Phi) is 7.42. The molecule has 1 aromatic rings. The Hall–Kier alpha value is -2.37. The summed E-state index contributed by atoms with van der Waals surface area (Å²) in [5, 5.41) is 11.4. The van der Waals surface area contributed by atoms with Crippen molar-refractivity contribution in [1.82, 2.24) is 5.32 Å². The Morgan fingerprint density at radius 2 is 1.83 bits per heavy atom. The van der Waals surface area contributed by atoms with Crippen molar-refractivity contribution in [2.75, 3.05) is 6.61 Å². The van der Waals surface area contributed by atoms with E-state index in [2.05, 4.69) is 5.32 Å². The summed E-state index contributed by atoms with van der Waals surface area (Å²) in [4.78, 5) is 34.8. The highest BCUT2D eigenvalue weighted by atomic mass is 16.5. The maximum Gasteiger partial charge on any atom is 0.316 e. The molecule has 6 heteroatoms. The lowest BCUT2D eigenvalue weighted by atomic mass is 9.77. The summed E-state index contributed by atoms with van der Waals surface area (Å²) in [7, 11) is 0. The zero-order valence-corrected chi connectivity index (χ0v) is 14.4. The van der Waals surface area contributed by atoms with Gasteiger partial charge in [-0.25, -0.2) is 0 Å². The van der Waals surface area contributed by atoms with E-state index < -0.39 is 11.4 Å². The third kappa shape index (κ3) is 5.68. The molecular weight excluding hydrogens is 310 g/mol. The molecule has 2 N–H and O–H groups in total. The minimum Gasteiger partial charge on any atom is -0.481 e. The lowest BCUT2D eigenvalue weighted by Crippen LogP contribution is -2.43. The van der Waals surface area contributed by atoms with Crippen molar-refractivity contribution in [2.45, 2.75) is 51.5 Å². The van der Waals surface area contributed by atoms with Crippen molar-refractivity contribution < 1.29 is 24.2 Å². The largest absolute Gasteiger partial charge is 0.481 e. The van der Waals surface area contributed by atoms with E-state index in [9.17, 15) is 14.4 Å². The van der Waals surface area contributed by atoms with Gasteiger partial charge in [-0.1, -0.05) is 30.3 Å². The van der Waals surface area contributed by atoms with Crippen LogP contribution in [0.2, 0.25) is 0 Å². The maximum absolute atomic E-state index is 12.5. The van der Waals surface area contributed by atoms with Crippen molar-refractivity contribution >= 4 is 17.8 Å². The minimum atomic E-state index is -1.02. The molecule has 0 fully saturated rings. The number of carbonyl (C=O) groups is 3. The van der Waals surface area contributed by atoms with Gasteiger partial charge in [0.15, 0.2) is 0 Å². The molecule has 0 bridgehead atoms. The van der Waals surface area contributed by atoms with Gasteiger partial charge in [0, 0.05) is 12.5 Å². The van der Waals surface area contributed by atoms with Crippen molar-refractivity contribution in [2.24, 2.45) is 0 Å². The lowest BCUT2D eigenvalue weighted by Gasteiger charge is -2.30. The third-order valence-corrected chi connectivity index (χ3v) is 3.82. The summed E-state index contributed by atoms with van der Waals surface area (Å²) in [6, 6.07) is 8.98. The number of rotatable bonds is 9. The molecule has 1 amide bonds. The second kappa shape index (κ2) is 9.05. The summed E-state index contributed by atoms with van der Waals surface area (Å²) in [6.07, 6.45) is 0.0577. The summed E-state index contributed by atoms with van der Waals surface area (Å²) in [5.74, 6) is -1.70. The number of aliphatic carboxylic acids is 1. The number of hydrogen-bond donors (Lipinski definition) is 2. The molecule has 24 heavy (non-hydrogen) atoms. The number of esters is 1. The molecule has 0 radical (unpaired) electrons. The minimum absolute atomic E-state index is 0.0822. The molecule has 0 saturated heterocycles. The van der Waals surface area contributed by atoms with Crippen molar-refractivity contribution in [1.29, 1.82) is 0 Å². The standard InChI is InChI=1S/C18H25NO5/c1-4-24-17(23)18(3,14-8-6-5-7-9-14)12-13(2)19-15(20)10-11-16(21)22/h5-9,13H,4,10-12H2,1-3H3,(H,19,20)(H,21,22). The molecule has 0 spiro atoms. The van der Waals surface area contributed by atoms with Gasteiger partial charge in [0.25, 0.3) is 0 Å². The number of hydrogen-bond acceptors (Lipinski definition) is 4. The van der Waals surface area contributed by atoms with Crippen LogP contribution in [0.3, 0.4) is 0 Å². The SMILES string of the molecule is CCOC(=O)C(C)(CC(C)NC(=O)CCC(=O)O)c1ccccc1. The summed E-state index contributed by atoms with van der Waals surface area (Å²) < 4.78 is 5.22. The van der Waals surface area contributed by atoms with E-state index in [4.69, 9.17) is 9.84 Å². The lowest BCUT2D eigenvalue weighted by molar-refractivity contribution is -0.150. The van der Waals surface area contributed by atoms with Crippen LogP contribution in [0.1, 0.15) is 45.6 Å². The van der Waals surface area contributed by atoms with E-state index in [0.717, 1.165) is 5.56 Å². The van der Waals surface area contributed by atoms with Crippen LogP contribution in [0, 0.1) is 0 Å². The van der Waals surface area contributed by atoms with Gasteiger partial charge in [-0.05, 0) is 32.8 Å². The fourth-order valence-corrected chi connectivity index (χ4v) is 2.65. The van der Waals surface area contributed by atoms with Gasteiger partial charge in [0.05, 0.1) is 18.4 Å². The molecule has 6 nitrogen and oxygen atoms in total. The molecule has 0 aromatic heterocycles. The highest BCUT2D eigenvalue weighted by molar-refractivity contribution is 5.83. The molecule has 0 heterocycles. The van der Waals surface area contributed by atoms with Gasteiger partial charge in [-0.15, -0.1) is 0 Å². The highest BCUT2D eigenvalue weighted by Crippen LogP contribution is 2.30. The van der Waals surface area contributed by atoms with E-state index in [0.29, 0.717) is 6.42 Å². The average molecular weight is 335 g/mol. The smallest absolute Gasteiger partial charge is 0.316 e. The number of amides is 1. The molecular formula is C18H25NO5. The van der Waals surface area contributed by atoms with Crippen LogP contribution in [0.15, 0.2) is 30.3 Å². The van der Waals surface area contributed by atoms with Gasteiger partial charge >= 0.3 is 11.9 Å². The van der Waals surface area contributed by atoms with Crippen LogP contribution in [0.5, 0.6) is 0 Å².